The zero-order valence-corrected chi connectivity index (χ0v) is 24.2. The summed E-state index contributed by atoms with van der Waals surface area (Å²) in [5.74, 6) is 1.74. The lowest BCUT2D eigenvalue weighted by atomic mass is 10.1. The maximum atomic E-state index is 12.5. The summed E-state index contributed by atoms with van der Waals surface area (Å²) >= 11 is 0. The average Bonchev–Trinajstić information content (AvgIpc) is 3.35. The molecule has 2 N–H and O–H groups in total. The lowest BCUT2D eigenvalue weighted by molar-refractivity contribution is 0.0651. The highest BCUT2D eigenvalue weighted by molar-refractivity contribution is 6.21. The molecule has 220 valence electrons. The van der Waals surface area contributed by atoms with Crippen molar-refractivity contribution in [2.24, 2.45) is 14.1 Å². The van der Waals surface area contributed by atoms with Crippen molar-refractivity contribution in [2.45, 2.75) is 39.0 Å². The molecule has 1 aliphatic rings. The summed E-state index contributed by atoms with van der Waals surface area (Å²) in [4.78, 5) is 38.7. The molecule has 4 aromatic rings. The van der Waals surface area contributed by atoms with Crippen LogP contribution in [0.1, 0.15) is 59.7 Å². The van der Waals surface area contributed by atoms with Crippen molar-refractivity contribution in [3.63, 3.8) is 0 Å². The van der Waals surface area contributed by atoms with E-state index in [0.29, 0.717) is 65.1 Å². The van der Waals surface area contributed by atoms with Crippen molar-refractivity contribution in [2.75, 3.05) is 25.5 Å². The van der Waals surface area contributed by atoms with Crippen molar-refractivity contribution >= 4 is 28.5 Å². The molecule has 5 rings (SSSR count). The predicted octanol–water partition coefficient (Wildman–Crippen LogP) is 5.28. The number of rotatable bonds is 13. The third-order valence-electron chi connectivity index (χ3n) is 7.38. The number of benzene rings is 3. The van der Waals surface area contributed by atoms with Gasteiger partial charge in [0.15, 0.2) is 5.75 Å². The normalized spacial score (nSPS) is 12.7. The highest BCUT2D eigenvalue weighted by Gasteiger charge is 2.34. The Morgan fingerprint density at radius 3 is 1.93 bits per heavy atom. The van der Waals surface area contributed by atoms with Crippen molar-refractivity contribution in [1.82, 2.24) is 14.0 Å². The number of fused-ring (bicyclic) bond motifs is 2. The Kier molecular flexibility index (Phi) is 8.51. The van der Waals surface area contributed by atoms with E-state index in [1.807, 2.05) is 13.0 Å². The van der Waals surface area contributed by atoms with Gasteiger partial charge in [-0.05, 0) is 37.5 Å². The Morgan fingerprint density at radius 1 is 0.714 bits per heavy atom. The first-order valence-corrected chi connectivity index (χ1v) is 14.3. The van der Waals surface area contributed by atoms with Crippen molar-refractivity contribution < 1.29 is 23.8 Å². The number of aromatic nitrogens is 2. The maximum Gasteiger partial charge on any atom is 0.328 e. The molecule has 0 saturated heterocycles. The van der Waals surface area contributed by atoms with E-state index in [0.717, 1.165) is 37.6 Å². The Hall–Kier alpha value is -4.73. The zero-order valence-electron chi connectivity index (χ0n) is 24.2. The largest absolute Gasteiger partial charge is 0.493 e. The van der Waals surface area contributed by atoms with Crippen LogP contribution in [0.2, 0.25) is 0 Å². The number of nitrogens with zero attached hydrogens (tertiary/aromatic N) is 3. The van der Waals surface area contributed by atoms with Gasteiger partial charge in [0.1, 0.15) is 17.2 Å². The molecule has 3 aromatic carbocycles. The van der Waals surface area contributed by atoms with Crippen LogP contribution >= 0.6 is 0 Å². The number of nitrogens with two attached hydrogens (primary N) is 1. The second-order valence-corrected chi connectivity index (χ2v) is 10.4. The van der Waals surface area contributed by atoms with Gasteiger partial charge in [-0.1, -0.05) is 31.9 Å². The topological polar surface area (TPSA) is 118 Å². The highest BCUT2D eigenvalue weighted by Crippen LogP contribution is 2.35. The van der Waals surface area contributed by atoms with Crippen LogP contribution in [0, 0.1) is 0 Å². The lowest BCUT2D eigenvalue weighted by Gasteiger charge is -2.15. The molecular formula is C32H36N4O6. The van der Waals surface area contributed by atoms with Crippen LogP contribution in [-0.2, 0) is 14.1 Å². The molecule has 0 unspecified atom stereocenters. The van der Waals surface area contributed by atoms with E-state index in [1.54, 1.807) is 71.8 Å². The summed E-state index contributed by atoms with van der Waals surface area (Å²) in [5, 5.41) is 0. The Bertz CT molecular complexity index is 1650. The van der Waals surface area contributed by atoms with Gasteiger partial charge in [0, 0.05) is 44.9 Å². The number of aryl methyl sites for hydroxylation is 2. The van der Waals surface area contributed by atoms with Crippen molar-refractivity contribution in [3.05, 3.63) is 76.2 Å². The molecule has 0 atom stereocenters. The van der Waals surface area contributed by atoms with Gasteiger partial charge in [0.25, 0.3) is 11.8 Å². The Balaban J connectivity index is 1.16. The van der Waals surface area contributed by atoms with Gasteiger partial charge in [-0.2, -0.15) is 0 Å². The molecule has 2 amide bonds. The van der Waals surface area contributed by atoms with E-state index in [4.69, 9.17) is 19.9 Å². The number of hydrogen-bond acceptors (Lipinski definition) is 7. The van der Waals surface area contributed by atoms with E-state index < -0.39 is 0 Å². The van der Waals surface area contributed by atoms with Gasteiger partial charge in [0.2, 0.25) is 0 Å². The number of unbranched alkanes of at least 4 members (excludes halogenated alkanes) is 3. The van der Waals surface area contributed by atoms with Crippen LogP contribution in [0.5, 0.6) is 23.0 Å². The Morgan fingerprint density at radius 2 is 1.29 bits per heavy atom. The minimum absolute atomic E-state index is 0.143. The number of anilines is 1. The number of hydrogen-bond donors (Lipinski definition) is 1. The minimum Gasteiger partial charge on any atom is -0.493 e. The minimum atomic E-state index is -0.211. The smallest absolute Gasteiger partial charge is 0.328 e. The van der Waals surface area contributed by atoms with Crippen LogP contribution in [0.4, 0.5) is 5.69 Å². The summed E-state index contributed by atoms with van der Waals surface area (Å²) in [6.07, 6.45) is 4.17. The molecule has 0 saturated carbocycles. The fourth-order valence-electron chi connectivity index (χ4n) is 5.11. The van der Waals surface area contributed by atoms with Gasteiger partial charge >= 0.3 is 5.69 Å². The molecule has 0 fully saturated rings. The second kappa shape index (κ2) is 12.4. The third kappa shape index (κ3) is 5.83. The molecule has 0 spiro atoms. The maximum absolute atomic E-state index is 12.5. The van der Waals surface area contributed by atoms with E-state index in [2.05, 4.69) is 0 Å². The van der Waals surface area contributed by atoms with Crippen LogP contribution in [0.3, 0.4) is 0 Å². The highest BCUT2D eigenvalue weighted by atomic mass is 16.5. The number of carbonyl (C=O) groups excluding carboxylic acids is 2. The Labute approximate surface area is 244 Å². The number of carbonyl (C=O) groups is 2. The van der Waals surface area contributed by atoms with Crippen molar-refractivity contribution in [1.29, 1.82) is 0 Å². The SMILES string of the molecule is CCCOc1cc(OCCCCCCN2C(=O)c3ccccc3C2=O)cc(Oc2cc3c(cc2N)n(C)c(=O)n3C)c1. The van der Waals surface area contributed by atoms with Crippen LogP contribution in [0.25, 0.3) is 11.0 Å². The van der Waals surface area contributed by atoms with E-state index in [-0.39, 0.29) is 17.5 Å². The van der Waals surface area contributed by atoms with Crippen LogP contribution in [0.15, 0.2) is 59.4 Å². The zero-order chi connectivity index (χ0) is 29.8. The van der Waals surface area contributed by atoms with Gasteiger partial charge < -0.3 is 19.9 Å². The molecule has 1 aromatic heterocycles. The molecular weight excluding hydrogens is 536 g/mol. The second-order valence-electron chi connectivity index (χ2n) is 10.4. The number of nitrogen functional groups attached to an aromatic ring is 1. The van der Waals surface area contributed by atoms with Gasteiger partial charge in [-0.25, -0.2) is 4.79 Å². The molecule has 2 heterocycles. The lowest BCUT2D eigenvalue weighted by Crippen LogP contribution is -2.30. The fourth-order valence-corrected chi connectivity index (χ4v) is 5.11. The first-order valence-electron chi connectivity index (χ1n) is 14.3. The molecule has 0 aliphatic carbocycles. The molecule has 1 aliphatic heterocycles. The number of imide groups is 1. The summed E-state index contributed by atoms with van der Waals surface area (Å²) in [6, 6.07) is 15.8. The number of ether oxygens (including phenoxy) is 3. The van der Waals surface area contributed by atoms with E-state index in [9.17, 15) is 14.4 Å². The molecule has 0 bridgehead atoms. The van der Waals surface area contributed by atoms with Gasteiger partial charge in [-0.15, -0.1) is 0 Å². The van der Waals surface area contributed by atoms with Crippen LogP contribution in [-0.4, -0.2) is 45.6 Å². The summed E-state index contributed by atoms with van der Waals surface area (Å²) in [6.45, 7) is 3.49. The molecule has 0 radical (unpaired) electrons. The van der Waals surface area contributed by atoms with Gasteiger partial charge in [-0.3, -0.25) is 23.6 Å². The standard InChI is InChI=1S/C32H36N4O6/c1-4-14-40-21-16-22(18-23(17-21)42-29-20-28-27(19-26(29)33)34(2)32(39)35(28)3)41-15-10-6-5-9-13-36-30(37)24-11-7-8-12-25(24)31(36)38/h7-8,11-12,16-20H,4-6,9-10,13-15,33H2,1-3H3. The predicted molar refractivity (Wildman–Crippen MR) is 161 cm³/mol. The van der Waals surface area contributed by atoms with E-state index >= 15 is 0 Å². The summed E-state index contributed by atoms with van der Waals surface area (Å²) < 4.78 is 21.2. The molecule has 10 heteroatoms. The third-order valence-corrected chi connectivity index (χ3v) is 7.38. The number of amides is 2. The van der Waals surface area contributed by atoms with Crippen molar-refractivity contribution in [3.8, 4) is 23.0 Å². The average molecular weight is 573 g/mol. The quantitative estimate of drug-likeness (QED) is 0.132. The number of imidazole rings is 1. The summed E-state index contributed by atoms with van der Waals surface area (Å²) in [7, 11) is 3.41. The van der Waals surface area contributed by atoms with Crippen LogP contribution < -0.4 is 25.6 Å². The van der Waals surface area contributed by atoms with Gasteiger partial charge in [0.05, 0.1) is 41.1 Å². The first-order chi connectivity index (χ1) is 20.3. The fraction of sp³-hybridized carbons (Fsp3) is 0.344. The summed E-state index contributed by atoms with van der Waals surface area (Å²) in [5.41, 5.74) is 8.95. The first kappa shape index (κ1) is 28.8. The molecule has 10 nitrogen and oxygen atoms in total. The van der Waals surface area contributed by atoms with E-state index in [1.165, 1.54) is 4.90 Å². The monoisotopic (exact) mass is 572 g/mol. The molecule has 42 heavy (non-hydrogen) atoms.